The molecule has 1 fully saturated rings. The maximum Gasteiger partial charge on any atom is 0.443 e. The van der Waals surface area contributed by atoms with Gasteiger partial charge in [-0.3, -0.25) is 4.79 Å². The summed E-state index contributed by atoms with van der Waals surface area (Å²) >= 11 is 0.327. The summed E-state index contributed by atoms with van der Waals surface area (Å²) in [4.78, 5) is 27.5. The minimum atomic E-state index is -4.60. The summed E-state index contributed by atoms with van der Waals surface area (Å²) in [6.45, 7) is 0.217. The Balaban J connectivity index is 2.21. The van der Waals surface area contributed by atoms with Crippen LogP contribution in [0.2, 0.25) is 0 Å². The molecule has 0 aliphatic carbocycles. The van der Waals surface area contributed by atoms with Crippen LogP contribution in [-0.2, 0) is 11.0 Å². The van der Waals surface area contributed by atoms with Gasteiger partial charge in [-0.1, -0.05) is 0 Å². The monoisotopic (exact) mass is 308 g/mol. The summed E-state index contributed by atoms with van der Waals surface area (Å²) in [6, 6.07) is -0.993. The Hall–Kier alpha value is -1.64. The van der Waals surface area contributed by atoms with Crippen LogP contribution < -0.4 is 0 Å². The lowest BCUT2D eigenvalue weighted by Gasteiger charge is -2.32. The minimum absolute atomic E-state index is 0.217. The minimum Gasteiger partial charge on any atom is -0.480 e. The molecular weight excluding hydrogens is 297 g/mol. The fourth-order valence-corrected chi connectivity index (χ4v) is 2.74. The number of aliphatic carboxylic acids is 1. The molecule has 0 radical (unpaired) electrons. The number of piperidine rings is 1. The van der Waals surface area contributed by atoms with E-state index in [0.717, 1.165) is 10.3 Å². The number of hydrogen-bond acceptors (Lipinski definition) is 4. The SMILES string of the molecule is O=C(O)[C@H]1CCCCN1C(=O)c1csc(C(F)(F)F)n1. The Morgan fingerprint density at radius 2 is 2.10 bits per heavy atom. The van der Waals surface area contributed by atoms with E-state index in [1.54, 1.807) is 0 Å². The average molecular weight is 308 g/mol. The topological polar surface area (TPSA) is 70.5 Å². The number of hydrogen-bond donors (Lipinski definition) is 1. The van der Waals surface area contributed by atoms with E-state index < -0.39 is 29.1 Å². The van der Waals surface area contributed by atoms with Gasteiger partial charge < -0.3 is 10.0 Å². The first kappa shape index (κ1) is 14.8. The van der Waals surface area contributed by atoms with Gasteiger partial charge in [0, 0.05) is 11.9 Å². The van der Waals surface area contributed by atoms with Gasteiger partial charge in [0.25, 0.3) is 5.91 Å². The third-order valence-corrected chi connectivity index (χ3v) is 3.90. The van der Waals surface area contributed by atoms with Crippen LogP contribution in [-0.4, -0.2) is 39.5 Å². The number of thiazole rings is 1. The van der Waals surface area contributed by atoms with Crippen molar-refractivity contribution in [3.8, 4) is 0 Å². The predicted octanol–water partition coefficient (Wildman–Crippen LogP) is 2.24. The van der Waals surface area contributed by atoms with Gasteiger partial charge in [0.05, 0.1) is 0 Å². The van der Waals surface area contributed by atoms with Crippen molar-refractivity contribution in [2.45, 2.75) is 31.5 Å². The van der Waals surface area contributed by atoms with Crippen LogP contribution in [0.3, 0.4) is 0 Å². The number of carboxylic acid groups (broad SMARTS) is 1. The summed E-state index contributed by atoms with van der Waals surface area (Å²) in [5.74, 6) is -1.91. The molecule has 0 spiro atoms. The summed E-state index contributed by atoms with van der Waals surface area (Å²) < 4.78 is 37.3. The second kappa shape index (κ2) is 5.39. The van der Waals surface area contributed by atoms with E-state index in [1.165, 1.54) is 0 Å². The molecule has 0 aromatic carbocycles. The van der Waals surface area contributed by atoms with Gasteiger partial charge in [-0.2, -0.15) is 13.2 Å². The smallest absolute Gasteiger partial charge is 0.443 e. The molecule has 0 unspecified atom stereocenters. The Kier molecular flexibility index (Phi) is 3.98. The lowest BCUT2D eigenvalue weighted by atomic mass is 10.0. The Morgan fingerprint density at radius 3 is 2.65 bits per heavy atom. The fourth-order valence-electron chi connectivity index (χ4n) is 2.08. The zero-order valence-corrected chi connectivity index (χ0v) is 11.0. The molecule has 1 amide bonds. The molecule has 110 valence electrons. The Labute approximate surface area is 116 Å². The van der Waals surface area contributed by atoms with Crippen molar-refractivity contribution < 1.29 is 27.9 Å². The van der Waals surface area contributed by atoms with E-state index >= 15 is 0 Å². The second-order valence-corrected chi connectivity index (χ2v) is 5.24. The summed E-state index contributed by atoms with van der Waals surface area (Å²) in [5, 5.41) is 8.95. The van der Waals surface area contributed by atoms with Gasteiger partial charge >= 0.3 is 12.1 Å². The highest BCUT2D eigenvalue weighted by Gasteiger charge is 2.37. The normalized spacial score (nSPS) is 19.9. The molecule has 0 bridgehead atoms. The van der Waals surface area contributed by atoms with Crippen LogP contribution >= 0.6 is 11.3 Å². The fraction of sp³-hybridized carbons (Fsp3) is 0.545. The van der Waals surface area contributed by atoms with E-state index in [2.05, 4.69) is 4.98 Å². The third-order valence-electron chi connectivity index (χ3n) is 3.01. The molecule has 2 rings (SSSR count). The number of halogens is 3. The number of rotatable bonds is 2. The zero-order valence-electron chi connectivity index (χ0n) is 10.2. The maximum absolute atomic E-state index is 12.4. The number of alkyl halides is 3. The van der Waals surface area contributed by atoms with Crippen LogP contribution in [0.15, 0.2) is 5.38 Å². The molecule has 1 aliphatic heterocycles. The zero-order chi connectivity index (χ0) is 14.9. The summed E-state index contributed by atoms with van der Waals surface area (Å²) in [6.07, 6.45) is -2.99. The molecule has 1 atom stereocenters. The molecule has 20 heavy (non-hydrogen) atoms. The number of carboxylic acids is 1. The van der Waals surface area contributed by atoms with Gasteiger partial charge in [-0.25, -0.2) is 9.78 Å². The number of carbonyl (C=O) groups excluding carboxylic acids is 1. The lowest BCUT2D eigenvalue weighted by molar-refractivity contribution is -0.143. The number of likely N-dealkylation sites (tertiary alicyclic amines) is 1. The average Bonchev–Trinajstić information content (AvgIpc) is 2.87. The van der Waals surface area contributed by atoms with Crippen molar-refractivity contribution in [3.63, 3.8) is 0 Å². The van der Waals surface area contributed by atoms with E-state index in [9.17, 15) is 22.8 Å². The van der Waals surface area contributed by atoms with E-state index in [1.807, 2.05) is 0 Å². The standard InChI is InChI=1S/C11H11F3N2O3S/c12-11(13,14)10-15-6(5-20-10)8(17)16-4-2-1-3-7(16)9(18)19/h5,7H,1-4H2,(H,18,19)/t7-/m1/s1. The lowest BCUT2D eigenvalue weighted by Crippen LogP contribution is -2.48. The highest BCUT2D eigenvalue weighted by atomic mass is 32.1. The molecule has 2 heterocycles. The largest absolute Gasteiger partial charge is 0.480 e. The molecule has 9 heteroatoms. The van der Waals surface area contributed by atoms with E-state index in [-0.39, 0.29) is 12.2 Å². The second-order valence-electron chi connectivity index (χ2n) is 4.38. The third kappa shape index (κ3) is 2.92. The Morgan fingerprint density at radius 1 is 1.40 bits per heavy atom. The highest BCUT2D eigenvalue weighted by Crippen LogP contribution is 2.32. The number of aromatic nitrogens is 1. The number of carbonyl (C=O) groups is 2. The number of amides is 1. The van der Waals surface area contributed by atoms with Gasteiger partial charge in [0.15, 0.2) is 5.01 Å². The van der Waals surface area contributed by atoms with Crippen molar-refractivity contribution in [3.05, 3.63) is 16.1 Å². The first-order valence-electron chi connectivity index (χ1n) is 5.87. The van der Waals surface area contributed by atoms with Crippen molar-refractivity contribution in [1.29, 1.82) is 0 Å². The first-order chi connectivity index (χ1) is 9.30. The van der Waals surface area contributed by atoms with Crippen molar-refractivity contribution in [2.24, 2.45) is 0 Å². The molecule has 5 nitrogen and oxygen atoms in total. The van der Waals surface area contributed by atoms with Crippen LogP contribution in [0, 0.1) is 0 Å². The van der Waals surface area contributed by atoms with Crippen LogP contribution in [0.1, 0.15) is 34.8 Å². The summed E-state index contributed by atoms with van der Waals surface area (Å²) in [5.41, 5.74) is -0.351. The van der Waals surface area contributed by atoms with Crippen molar-refractivity contribution >= 4 is 23.2 Å². The van der Waals surface area contributed by atoms with E-state index in [4.69, 9.17) is 5.11 Å². The van der Waals surface area contributed by atoms with Gasteiger partial charge in [-0.15, -0.1) is 11.3 Å². The Bertz CT molecular complexity index is 529. The quantitative estimate of drug-likeness (QED) is 0.909. The molecule has 1 N–H and O–H groups in total. The molecule has 1 saturated heterocycles. The number of nitrogens with zero attached hydrogens (tertiary/aromatic N) is 2. The van der Waals surface area contributed by atoms with Crippen molar-refractivity contribution in [2.75, 3.05) is 6.54 Å². The molecule has 1 aliphatic rings. The first-order valence-corrected chi connectivity index (χ1v) is 6.75. The van der Waals surface area contributed by atoms with Gasteiger partial charge in [0.1, 0.15) is 11.7 Å². The van der Waals surface area contributed by atoms with Crippen LogP contribution in [0.5, 0.6) is 0 Å². The molecule has 1 aromatic heterocycles. The van der Waals surface area contributed by atoms with Crippen molar-refractivity contribution in [1.82, 2.24) is 9.88 Å². The predicted molar refractivity (Wildman–Crippen MR) is 63.4 cm³/mol. The van der Waals surface area contributed by atoms with Crippen LogP contribution in [0.4, 0.5) is 13.2 Å². The van der Waals surface area contributed by atoms with Gasteiger partial charge in [0.2, 0.25) is 0 Å². The van der Waals surface area contributed by atoms with Crippen LogP contribution in [0.25, 0.3) is 0 Å². The summed E-state index contributed by atoms with van der Waals surface area (Å²) in [7, 11) is 0. The van der Waals surface area contributed by atoms with E-state index in [0.29, 0.717) is 30.6 Å². The molecule has 1 aromatic rings. The maximum atomic E-state index is 12.4. The molecular formula is C11H11F3N2O3S. The molecule has 0 saturated carbocycles. The highest BCUT2D eigenvalue weighted by molar-refractivity contribution is 7.09. The van der Waals surface area contributed by atoms with Gasteiger partial charge in [-0.05, 0) is 19.3 Å².